The topological polar surface area (TPSA) is 76.4 Å². The molecule has 152 valence electrons. The van der Waals surface area contributed by atoms with Crippen molar-refractivity contribution in [1.29, 1.82) is 0 Å². The molecule has 1 aliphatic carbocycles. The second-order valence-electron chi connectivity index (χ2n) is 7.59. The lowest BCUT2D eigenvalue weighted by Crippen LogP contribution is -2.45. The zero-order valence-electron chi connectivity index (χ0n) is 17.4. The number of aryl methyl sites for hydroxylation is 2. The molecule has 0 saturated heterocycles. The van der Waals surface area contributed by atoms with Gasteiger partial charge in [-0.2, -0.15) is 0 Å². The minimum Gasteiger partial charge on any atom is -0.489 e. The molecule has 2 aromatic rings. The van der Waals surface area contributed by atoms with Gasteiger partial charge in [0.05, 0.1) is 6.54 Å². The molecule has 0 amide bonds. The van der Waals surface area contributed by atoms with Crippen LogP contribution in [-0.4, -0.2) is 39.4 Å². The van der Waals surface area contributed by atoms with Crippen LogP contribution in [-0.2, 0) is 13.6 Å². The number of aliphatic imine (C=N–C) groups is 1. The predicted molar refractivity (Wildman–Crippen MR) is 112 cm³/mol. The van der Waals surface area contributed by atoms with E-state index in [1.165, 1.54) is 25.7 Å². The van der Waals surface area contributed by atoms with Crippen LogP contribution < -0.4 is 15.4 Å². The van der Waals surface area contributed by atoms with Crippen LogP contribution in [0.5, 0.6) is 5.75 Å². The van der Waals surface area contributed by atoms with Crippen molar-refractivity contribution in [2.24, 2.45) is 12.0 Å². The second kappa shape index (κ2) is 9.57. The molecule has 2 N–H and O–H groups in total. The lowest BCUT2D eigenvalue weighted by atomic mass is 10.2. The van der Waals surface area contributed by atoms with E-state index in [9.17, 15) is 0 Å². The van der Waals surface area contributed by atoms with Crippen LogP contribution in [0, 0.1) is 13.8 Å². The van der Waals surface area contributed by atoms with Crippen molar-refractivity contribution < 1.29 is 4.74 Å². The van der Waals surface area contributed by atoms with Gasteiger partial charge in [0.15, 0.2) is 11.8 Å². The molecule has 1 heterocycles. The van der Waals surface area contributed by atoms with Gasteiger partial charge in [-0.3, -0.25) is 0 Å². The maximum Gasteiger partial charge on any atom is 0.192 e. The van der Waals surface area contributed by atoms with E-state index < -0.39 is 0 Å². The summed E-state index contributed by atoms with van der Waals surface area (Å²) in [7, 11) is 1.97. The van der Waals surface area contributed by atoms with Gasteiger partial charge < -0.3 is 19.9 Å². The number of nitrogens with one attached hydrogen (secondary N) is 2. The van der Waals surface area contributed by atoms with Gasteiger partial charge in [-0.05, 0) is 45.2 Å². The quantitative estimate of drug-likeness (QED) is 0.567. The summed E-state index contributed by atoms with van der Waals surface area (Å²) in [5, 5.41) is 15.3. The van der Waals surface area contributed by atoms with Crippen LogP contribution in [0.1, 0.15) is 49.8 Å². The number of aromatic nitrogens is 3. The van der Waals surface area contributed by atoms with E-state index in [1.54, 1.807) is 0 Å². The number of para-hydroxylation sites is 1. The highest BCUT2D eigenvalue weighted by Gasteiger charge is 2.17. The average molecular weight is 385 g/mol. The fourth-order valence-electron chi connectivity index (χ4n) is 3.34. The highest BCUT2D eigenvalue weighted by Crippen LogP contribution is 2.18. The normalized spacial score (nSPS) is 16.2. The third-order valence-electron chi connectivity index (χ3n) is 5.24. The number of nitrogens with zero attached hydrogens (tertiary/aromatic N) is 4. The molecule has 1 aliphatic rings. The number of hydrogen-bond donors (Lipinski definition) is 2. The molecule has 0 aliphatic heterocycles. The largest absolute Gasteiger partial charge is 0.489 e. The third-order valence-corrected chi connectivity index (χ3v) is 5.24. The number of ether oxygens (including phenoxy) is 1. The van der Waals surface area contributed by atoms with Gasteiger partial charge in [-0.15, -0.1) is 10.2 Å². The summed E-state index contributed by atoms with van der Waals surface area (Å²) in [5.41, 5.74) is 1.14. The summed E-state index contributed by atoms with van der Waals surface area (Å²) in [6.45, 7) is 7.24. The summed E-state index contributed by atoms with van der Waals surface area (Å²) in [6.07, 6.45) is 4.96. The minimum absolute atomic E-state index is 0.0220. The molecular formula is C21H32N6O. The first-order valence-electron chi connectivity index (χ1n) is 10.1. The summed E-state index contributed by atoms with van der Waals surface area (Å²) in [6, 6.07) is 8.58. The van der Waals surface area contributed by atoms with Crippen molar-refractivity contribution >= 4 is 5.96 Å². The van der Waals surface area contributed by atoms with E-state index in [1.807, 2.05) is 36.7 Å². The van der Waals surface area contributed by atoms with Crippen molar-refractivity contribution in [3.05, 3.63) is 41.5 Å². The van der Waals surface area contributed by atoms with E-state index in [0.717, 1.165) is 28.9 Å². The van der Waals surface area contributed by atoms with Crippen LogP contribution in [0.4, 0.5) is 0 Å². The van der Waals surface area contributed by atoms with Gasteiger partial charge in [-0.1, -0.05) is 31.0 Å². The maximum absolute atomic E-state index is 6.08. The van der Waals surface area contributed by atoms with Crippen LogP contribution in [0.25, 0.3) is 0 Å². The van der Waals surface area contributed by atoms with Crippen molar-refractivity contribution in [3.63, 3.8) is 0 Å². The Kier molecular flexibility index (Phi) is 6.90. The zero-order valence-corrected chi connectivity index (χ0v) is 17.4. The SMILES string of the molecule is Cc1ccccc1OC(C)CNC(=NCc1nnc(C)n1C)NC1CCCC1. The van der Waals surface area contributed by atoms with Gasteiger partial charge in [-0.25, -0.2) is 4.99 Å². The molecular weight excluding hydrogens is 352 g/mol. The summed E-state index contributed by atoms with van der Waals surface area (Å²) in [5.74, 6) is 3.49. The first-order chi connectivity index (χ1) is 13.5. The molecule has 0 radical (unpaired) electrons. The highest BCUT2D eigenvalue weighted by molar-refractivity contribution is 5.80. The third kappa shape index (κ3) is 5.47. The van der Waals surface area contributed by atoms with Gasteiger partial charge in [0.25, 0.3) is 0 Å². The Bertz CT molecular complexity index is 794. The van der Waals surface area contributed by atoms with Crippen molar-refractivity contribution in [2.45, 2.75) is 65.1 Å². The first kappa shape index (κ1) is 20.2. The van der Waals surface area contributed by atoms with E-state index in [4.69, 9.17) is 9.73 Å². The second-order valence-corrected chi connectivity index (χ2v) is 7.59. The van der Waals surface area contributed by atoms with E-state index in [2.05, 4.69) is 40.7 Å². The van der Waals surface area contributed by atoms with Crippen LogP contribution in [0.15, 0.2) is 29.3 Å². The molecule has 0 spiro atoms. The Morgan fingerprint density at radius 3 is 2.68 bits per heavy atom. The van der Waals surface area contributed by atoms with Gasteiger partial charge in [0, 0.05) is 13.1 Å². The number of benzene rings is 1. The smallest absolute Gasteiger partial charge is 0.192 e. The van der Waals surface area contributed by atoms with Crippen molar-refractivity contribution in [3.8, 4) is 5.75 Å². The summed E-state index contributed by atoms with van der Waals surface area (Å²) in [4.78, 5) is 4.74. The molecule has 7 heteroatoms. The minimum atomic E-state index is 0.0220. The van der Waals surface area contributed by atoms with E-state index in [-0.39, 0.29) is 6.10 Å². The zero-order chi connectivity index (χ0) is 19.9. The Morgan fingerprint density at radius 1 is 1.25 bits per heavy atom. The fourth-order valence-corrected chi connectivity index (χ4v) is 3.34. The molecule has 1 aromatic heterocycles. The fraction of sp³-hybridized carbons (Fsp3) is 0.571. The van der Waals surface area contributed by atoms with Crippen LogP contribution in [0.3, 0.4) is 0 Å². The number of guanidine groups is 1. The lowest BCUT2D eigenvalue weighted by Gasteiger charge is -2.21. The highest BCUT2D eigenvalue weighted by atomic mass is 16.5. The predicted octanol–water partition coefficient (Wildman–Crippen LogP) is 2.88. The molecule has 1 fully saturated rings. The molecule has 0 bridgehead atoms. The van der Waals surface area contributed by atoms with Crippen molar-refractivity contribution in [1.82, 2.24) is 25.4 Å². The van der Waals surface area contributed by atoms with E-state index >= 15 is 0 Å². The molecule has 1 unspecified atom stereocenters. The Morgan fingerprint density at radius 2 is 2.00 bits per heavy atom. The van der Waals surface area contributed by atoms with Crippen molar-refractivity contribution in [2.75, 3.05) is 6.54 Å². The van der Waals surface area contributed by atoms with Crippen LogP contribution >= 0.6 is 0 Å². The molecule has 3 rings (SSSR count). The lowest BCUT2D eigenvalue weighted by molar-refractivity contribution is 0.222. The van der Waals surface area contributed by atoms with Gasteiger partial charge >= 0.3 is 0 Å². The summed E-state index contributed by atoms with van der Waals surface area (Å²) < 4.78 is 8.05. The van der Waals surface area contributed by atoms with Gasteiger partial charge in [0.1, 0.15) is 24.2 Å². The molecule has 1 aromatic carbocycles. The number of hydrogen-bond acceptors (Lipinski definition) is 4. The molecule has 1 saturated carbocycles. The number of rotatable bonds is 7. The Hall–Kier alpha value is -2.57. The standard InChI is InChI=1S/C21H32N6O/c1-15-9-5-8-12-19(15)28-16(2)13-22-21(24-18-10-6-7-11-18)23-14-20-26-25-17(3)27(20)4/h5,8-9,12,16,18H,6-7,10-11,13-14H2,1-4H3,(H2,22,23,24). The first-order valence-corrected chi connectivity index (χ1v) is 10.1. The van der Waals surface area contributed by atoms with Crippen LogP contribution in [0.2, 0.25) is 0 Å². The maximum atomic E-state index is 6.08. The van der Waals surface area contributed by atoms with Gasteiger partial charge in [0.2, 0.25) is 0 Å². The molecule has 28 heavy (non-hydrogen) atoms. The Labute approximate surface area is 167 Å². The molecule has 1 atom stereocenters. The van der Waals surface area contributed by atoms with E-state index in [0.29, 0.717) is 19.1 Å². The summed E-state index contributed by atoms with van der Waals surface area (Å²) >= 11 is 0. The monoisotopic (exact) mass is 384 g/mol. The molecule has 7 nitrogen and oxygen atoms in total. The average Bonchev–Trinajstić information content (AvgIpc) is 3.30. The Balaban J connectivity index is 1.60.